The smallest absolute Gasteiger partial charge is 0.343 e. The van der Waals surface area contributed by atoms with Gasteiger partial charge in [-0.2, -0.15) is 0 Å². The third-order valence-corrected chi connectivity index (χ3v) is 3.35. The number of nitrogens with zero attached hydrogens (tertiary/aromatic N) is 1. The summed E-state index contributed by atoms with van der Waals surface area (Å²) in [6.07, 6.45) is 1.45. The standard InChI is InChI=1S/C16H18N2O3/c1-9-5-6-10(2)14(11(9)3)21-15-13(16(19)20-4)7-12(17)8-18-15/h5-8H,17H2,1-4H3. The topological polar surface area (TPSA) is 74.4 Å². The molecule has 5 heteroatoms. The molecule has 0 aliphatic heterocycles. The normalized spacial score (nSPS) is 10.3. The molecule has 0 amide bonds. The second-order valence-electron chi connectivity index (χ2n) is 4.87. The molecule has 0 saturated carbocycles. The van der Waals surface area contributed by atoms with E-state index in [1.54, 1.807) is 0 Å². The summed E-state index contributed by atoms with van der Waals surface area (Å²) in [6, 6.07) is 5.48. The van der Waals surface area contributed by atoms with E-state index in [1.165, 1.54) is 19.4 Å². The fourth-order valence-electron chi connectivity index (χ4n) is 1.99. The molecule has 1 aromatic heterocycles. The highest BCUT2D eigenvalue weighted by molar-refractivity contribution is 5.92. The Kier molecular flexibility index (Phi) is 4.12. The maximum Gasteiger partial charge on any atom is 0.343 e. The first-order valence-electron chi connectivity index (χ1n) is 6.52. The lowest BCUT2D eigenvalue weighted by atomic mass is 10.1. The first-order chi connectivity index (χ1) is 9.93. The van der Waals surface area contributed by atoms with Crippen LogP contribution < -0.4 is 10.5 Å². The largest absolute Gasteiger partial charge is 0.465 e. The van der Waals surface area contributed by atoms with Crippen molar-refractivity contribution in [3.05, 3.63) is 46.6 Å². The van der Waals surface area contributed by atoms with Crippen molar-refractivity contribution in [1.29, 1.82) is 0 Å². The number of nitrogen functional groups attached to an aromatic ring is 1. The van der Waals surface area contributed by atoms with Gasteiger partial charge in [0.2, 0.25) is 5.88 Å². The first-order valence-corrected chi connectivity index (χ1v) is 6.52. The predicted octanol–water partition coefficient (Wildman–Crippen LogP) is 3.17. The Bertz CT molecular complexity index is 696. The molecule has 0 radical (unpaired) electrons. The van der Waals surface area contributed by atoms with Crippen LogP contribution >= 0.6 is 0 Å². The van der Waals surface area contributed by atoms with Crippen LogP contribution in [0, 0.1) is 20.8 Å². The Balaban J connectivity index is 2.50. The third-order valence-electron chi connectivity index (χ3n) is 3.35. The van der Waals surface area contributed by atoms with Crippen LogP contribution in [0.5, 0.6) is 11.6 Å². The minimum Gasteiger partial charge on any atom is -0.465 e. The Morgan fingerprint density at radius 1 is 1.19 bits per heavy atom. The second-order valence-corrected chi connectivity index (χ2v) is 4.87. The van der Waals surface area contributed by atoms with Crippen molar-refractivity contribution >= 4 is 11.7 Å². The molecule has 1 heterocycles. The number of carbonyl (C=O) groups excluding carboxylic acids is 1. The number of benzene rings is 1. The highest BCUT2D eigenvalue weighted by Crippen LogP contribution is 2.32. The van der Waals surface area contributed by atoms with E-state index in [-0.39, 0.29) is 11.4 Å². The van der Waals surface area contributed by atoms with Gasteiger partial charge >= 0.3 is 5.97 Å². The molecule has 5 nitrogen and oxygen atoms in total. The molecule has 110 valence electrons. The molecule has 0 spiro atoms. The molecule has 0 saturated heterocycles. The van der Waals surface area contributed by atoms with Crippen molar-refractivity contribution in [3.63, 3.8) is 0 Å². The average Bonchev–Trinajstić information content (AvgIpc) is 2.48. The fraction of sp³-hybridized carbons (Fsp3) is 0.250. The van der Waals surface area contributed by atoms with E-state index in [1.807, 2.05) is 32.9 Å². The summed E-state index contributed by atoms with van der Waals surface area (Å²) < 4.78 is 10.6. The minimum absolute atomic E-state index is 0.188. The van der Waals surface area contributed by atoms with Crippen LogP contribution in [0.1, 0.15) is 27.0 Å². The zero-order valence-electron chi connectivity index (χ0n) is 12.6. The van der Waals surface area contributed by atoms with Crippen molar-refractivity contribution in [2.24, 2.45) is 0 Å². The molecule has 0 aliphatic carbocycles. The molecule has 0 fully saturated rings. The number of hydrogen-bond acceptors (Lipinski definition) is 5. The fourth-order valence-corrected chi connectivity index (χ4v) is 1.99. The summed E-state index contributed by atoms with van der Waals surface area (Å²) >= 11 is 0. The van der Waals surface area contributed by atoms with Gasteiger partial charge in [0.05, 0.1) is 19.0 Å². The van der Waals surface area contributed by atoms with Crippen LogP contribution in [0.15, 0.2) is 24.4 Å². The summed E-state index contributed by atoms with van der Waals surface area (Å²) in [6.45, 7) is 5.91. The molecule has 21 heavy (non-hydrogen) atoms. The lowest BCUT2D eigenvalue weighted by Gasteiger charge is -2.14. The van der Waals surface area contributed by atoms with Crippen molar-refractivity contribution in [2.45, 2.75) is 20.8 Å². The van der Waals surface area contributed by atoms with E-state index in [9.17, 15) is 4.79 Å². The zero-order chi connectivity index (χ0) is 15.6. The van der Waals surface area contributed by atoms with Crippen molar-refractivity contribution in [1.82, 2.24) is 4.98 Å². The van der Waals surface area contributed by atoms with Gasteiger partial charge in [-0.25, -0.2) is 9.78 Å². The van der Waals surface area contributed by atoms with Crippen LogP contribution in [-0.2, 0) is 4.74 Å². The maximum atomic E-state index is 11.8. The van der Waals surface area contributed by atoms with Crippen molar-refractivity contribution in [3.8, 4) is 11.6 Å². The molecule has 0 unspecified atom stereocenters. The SMILES string of the molecule is COC(=O)c1cc(N)cnc1Oc1c(C)ccc(C)c1C. The number of anilines is 1. The first kappa shape index (κ1) is 14.8. The van der Waals surface area contributed by atoms with E-state index >= 15 is 0 Å². The monoisotopic (exact) mass is 286 g/mol. The second kappa shape index (κ2) is 5.83. The van der Waals surface area contributed by atoms with Gasteiger partial charge in [-0.1, -0.05) is 12.1 Å². The van der Waals surface area contributed by atoms with Gasteiger partial charge in [0.1, 0.15) is 11.3 Å². The highest BCUT2D eigenvalue weighted by Gasteiger charge is 2.18. The van der Waals surface area contributed by atoms with Crippen molar-refractivity contribution < 1.29 is 14.3 Å². The number of hydrogen-bond donors (Lipinski definition) is 1. The molecule has 0 bridgehead atoms. The zero-order valence-corrected chi connectivity index (χ0v) is 12.6. The molecule has 1 aromatic carbocycles. The maximum absolute atomic E-state index is 11.8. The molecular weight excluding hydrogens is 268 g/mol. The van der Waals surface area contributed by atoms with Crippen LogP contribution in [0.2, 0.25) is 0 Å². The molecule has 2 N–H and O–H groups in total. The number of methoxy groups -OCH3 is 1. The number of carbonyl (C=O) groups is 1. The number of aryl methyl sites for hydroxylation is 2. The summed E-state index contributed by atoms with van der Waals surface area (Å²) in [4.78, 5) is 15.9. The molecule has 0 atom stereocenters. The van der Waals surface area contributed by atoms with E-state index < -0.39 is 5.97 Å². The third kappa shape index (κ3) is 2.97. The van der Waals surface area contributed by atoms with Gasteiger partial charge in [0.25, 0.3) is 0 Å². The van der Waals surface area contributed by atoms with E-state index in [4.69, 9.17) is 15.2 Å². The molecule has 2 rings (SSSR count). The lowest BCUT2D eigenvalue weighted by molar-refractivity contribution is 0.0597. The number of nitrogens with two attached hydrogens (primary N) is 1. The Labute approximate surface area is 123 Å². The quantitative estimate of drug-likeness (QED) is 0.877. The van der Waals surface area contributed by atoms with Gasteiger partial charge in [-0.05, 0) is 43.5 Å². The number of aromatic nitrogens is 1. The number of ether oxygens (including phenoxy) is 2. The van der Waals surface area contributed by atoms with Crippen LogP contribution in [-0.4, -0.2) is 18.1 Å². The highest BCUT2D eigenvalue weighted by atomic mass is 16.5. The number of pyridine rings is 1. The Morgan fingerprint density at radius 2 is 1.86 bits per heavy atom. The van der Waals surface area contributed by atoms with Gasteiger partial charge in [0, 0.05) is 0 Å². The number of esters is 1. The van der Waals surface area contributed by atoms with Gasteiger partial charge in [0.15, 0.2) is 0 Å². The van der Waals surface area contributed by atoms with Crippen molar-refractivity contribution in [2.75, 3.05) is 12.8 Å². The van der Waals surface area contributed by atoms with E-state index in [2.05, 4.69) is 4.98 Å². The van der Waals surface area contributed by atoms with Gasteiger partial charge < -0.3 is 15.2 Å². The predicted molar refractivity (Wildman–Crippen MR) is 80.7 cm³/mol. The van der Waals surface area contributed by atoms with E-state index in [0.29, 0.717) is 11.4 Å². The van der Waals surface area contributed by atoms with Crippen LogP contribution in [0.3, 0.4) is 0 Å². The summed E-state index contributed by atoms with van der Waals surface area (Å²) in [5.41, 5.74) is 9.33. The van der Waals surface area contributed by atoms with Gasteiger partial charge in [-0.3, -0.25) is 0 Å². The average molecular weight is 286 g/mol. The lowest BCUT2D eigenvalue weighted by Crippen LogP contribution is -2.07. The minimum atomic E-state index is -0.534. The Morgan fingerprint density at radius 3 is 2.52 bits per heavy atom. The Hall–Kier alpha value is -2.56. The van der Waals surface area contributed by atoms with Gasteiger partial charge in [-0.15, -0.1) is 0 Å². The molecular formula is C16H18N2O3. The summed E-state index contributed by atoms with van der Waals surface area (Å²) in [5, 5.41) is 0. The van der Waals surface area contributed by atoms with Crippen LogP contribution in [0.4, 0.5) is 5.69 Å². The van der Waals surface area contributed by atoms with Crippen LogP contribution in [0.25, 0.3) is 0 Å². The van der Waals surface area contributed by atoms with E-state index in [0.717, 1.165) is 16.7 Å². The molecule has 2 aromatic rings. The summed E-state index contributed by atoms with van der Waals surface area (Å²) in [7, 11) is 1.30. The molecule has 0 aliphatic rings. The summed E-state index contributed by atoms with van der Waals surface area (Å²) in [5.74, 6) is 0.345. The number of rotatable bonds is 3.